The molecule has 1 saturated carbocycles. The molecule has 0 spiro atoms. The Morgan fingerprint density at radius 1 is 1.21 bits per heavy atom. The zero-order chi connectivity index (χ0) is 24.3. The Bertz CT molecular complexity index is 1310. The maximum atomic E-state index is 14.6. The molecule has 1 atom stereocenters. The molecule has 0 aromatic carbocycles. The average molecular weight is 474 g/mol. The van der Waals surface area contributed by atoms with Gasteiger partial charge in [-0.3, -0.25) is 4.90 Å². The number of aliphatic hydroxyl groups is 1. The first-order valence-corrected chi connectivity index (χ1v) is 10.8. The number of anilines is 1. The molecule has 3 N–H and O–H groups in total. The maximum absolute atomic E-state index is 14.6. The minimum absolute atomic E-state index is 0.0159. The van der Waals surface area contributed by atoms with Crippen molar-refractivity contribution < 1.29 is 22.7 Å². The lowest BCUT2D eigenvalue weighted by molar-refractivity contribution is -0.157. The van der Waals surface area contributed by atoms with Gasteiger partial charge in [0.2, 0.25) is 5.95 Å². The zero-order valence-corrected chi connectivity index (χ0v) is 18.3. The summed E-state index contributed by atoms with van der Waals surface area (Å²) in [4.78, 5) is 13.4. The molecule has 2 aliphatic rings. The van der Waals surface area contributed by atoms with Crippen molar-refractivity contribution >= 4 is 16.9 Å². The lowest BCUT2D eigenvalue weighted by atomic mass is 10.0. The Kier molecular flexibility index (Phi) is 5.26. The van der Waals surface area contributed by atoms with Gasteiger partial charge in [0.1, 0.15) is 17.0 Å². The number of nitrogens with two attached hydrogens (primary N) is 1. The van der Waals surface area contributed by atoms with Gasteiger partial charge in [-0.1, -0.05) is 5.92 Å². The van der Waals surface area contributed by atoms with E-state index in [-0.39, 0.29) is 36.7 Å². The summed E-state index contributed by atoms with van der Waals surface area (Å²) >= 11 is 0. The standard InChI is InChI=1S/C23H22F4N6O/c1-22(34,13-2-3-13)5-4-14-6-16-17(20-18(24)7-30-21(28)31-20)11-33(19(16)8-29-14)15-9-32(10-15)12-23(25,26)27/h6-8,11,13,15,34H,2-3,9-10,12H2,1H3,(H2,28,30,31). The molecule has 1 aliphatic carbocycles. The van der Waals surface area contributed by atoms with Crippen LogP contribution in [0.15, 0.2) is 24.7 Å². The van der Waals surface area contributed by atoms with E-state index < -0.39 is 24.1 Å². The summed E-state index contributed by atoms with van der Waals surface area (Å²) in [5.41, 5.74) is 5.95. The van der Waals surface area contributed by atoms with Crippen molar-refractivity contribution in [3.63, 3.8) is 0 Å². The number of nitrogen functional groups attached to an aromatic ring is 1. The fraction of sp³-hybridized carbons (Fsp3) is 0.435. The Morgan fingerprint density at radius 2 is 1.94 bits per heavy atom. The second-order valence-electron chi connectivity index (χ2n) is 9.10. The van der Waals surface area contributed by atoms with Crippen LogP contribution in [0.2, 0.25) is 0 Å². The van der Waals surface area contributed by atoms with Crippen LogP contribution in [-0.2, 0) is 0 Å². The Balaban J connectivity index is 1.55. The number of halogens is 4. The first-order chi connectivity index (χ1) is 16.0. The average Bonchev–Trinajstić information content (AvgIpc) is 3.53. The van der Waals surface area contributed by atoms with Gasteiger partial charge in [0.05, 0.1) is 30.5 Å². The minimum Gasteiger partial charge on any atom is -0.378 e. The topological polar surface area (TPSA) is 93.1 Å². The molecule has 1 aliphatic heterocycles. The smallest absolute Gasteiger partial charge is 0.378 e. The molecule has 5 rings (SSSR count). The highest BCUT2D eigenvalue weighted by molar-refractivity contribution is 5.95. The summed E-state index contributed by atoms with van der Waals surface area (Å²) in [6, 6.07) is 1.43. The molecule has 11 heteroatoms. The third-order valence-electron chi connectivity index (χ3n) is 6.29. The highest BCUT2D eigenvalue weighted by Crippen LogP contribution is 2.39. The van der Waals surface area contributed by atoms with Crippen molar-refractivity contribution in [2.45, 2.75) is 37.6 Å². The number of pyridine rings is 1. The van der Waals surface area contributed by atoms with Crippen LogP contribution < -0.4 is 5.73 Å². The van der Waals surface area contributed by atoms with Gasteiger partial charge in [-0.15, -0.1) is 0 Å². The molecule has 0 amide bonds. The molecule has 178 valence electrons. The van der Waals surface area contributed by atoms with Gasteiger partial charge in [0.25, 0.3) is 0 Å². The van der Waals surface area contributed by atoms with Crippen LogP contribution in [0, 0.1) is 23.6 Å². The third kappa shape index (κ3) is 4.43. The number of rotatable bonds is 4. The molecule has 4 heterocycles. The van der Waals surface area contributed by atoms with Gasteiger partial charge in [0.15, 0.2) is 5.82 Å². The van der Waals surface area contributed by atoms with E-state index in [9.17, 15) is 22.7 Å². The largest absolute Gasteiger partial charge is 0.401 e. The summed E-state index contributed by atoms with van der Waals surface area (Å²) in [5, 5.41) is 11.1. The number of likely N-dealkylation sites (tertiary alicyclic amines) is 1. The molecule has 3 aromatic heterocycles. The van der Waals surface area contributed by atoms with E-state index in [4.69, 9.17) is 5.73 Å². The Hall–Kier alpha value is -3.23. The number of fused-ring (bicyclic) bond motifs is 1. The van der Waals surface area contributed by atoms with Crippen molar-refractivity contribution in [1.82, 2.24) is 24.4 Å². The van der Waals surface area contributed by atoms with Crippen molar-refractivity contribution in [1.29, 1.82) is 0 Å². The van der Waals surface area contributed by atoms with Crippen LogP contribution in [0.5, 0.6) is 0 Å². The summed E-state index contributed by atoms with van der Waals surface area (Å²) in [7, 11) is 0. The lowest BCUT2D eigenvalue weighted by Crippen LogP contribution is -2.51. The maximum Gasteiger partial charge on any atom is 0.401 e. The number of hydrogen-bond donors (Lipinski definition) is 2. The normalized spacial score (nSPS) is 18.9. The molecule has 1 unspecified atom stereocenters. The van der Waals surface area contributed by atoms with E-state index in [0.29, 0.717) is 22.2 Å². The molecule has 0 radical (unpaired) electrons. The highest BCUT2D eigenvalue weighted by atomic mass is 19.4. The molecule has 0 bridgehead atoms. The highest BCUT2D eigenvalue weighted by Gasteiger charge is 2.39. The molecular formula is C23H22F4N6O. The summed E-state index contributed by atoms with van der Waals surface area (Å²) < 4.78 is 54.6. The fourth-order valence-electron chi connectivity index (χ4n) is 4.32. The minimum atomic E-state index is -4.27. The lowest BCUT2D eigenvalue weighted by Gasteiger charge is -2.40. The predicted molar refractivity (Wildman–Crippen MR) is 117 cm³/mol. The van der Waals surface area contributed by atoms with E-state index in [1.165, 1.54) is 4.90 Å². The monoisotopic (exact) mass is 474 g/mol. The first-order valence-electron chi connectivity index (χ1n) is 10.8. The summed E-state index contributed by atoms with van der Waals surface area (Å²) in [5.74, 6) is 5.11. The molecule has 7 nitrogen and oxygen atoms in total. The van der Waals surface area contributed by atoms with E-state index >= 15 is 0 Å². The van der Waals surface area contributed by atoms with Gasteiger partial charge in [-0.25, -0.2) is 19.3 Å². The van der Waals surface area contributed by atoms with Crippen molar-refractivity contribution in [2.24, 2.45) is 5.92 Å². The Morgan fingerprint density at radius 3 is 2.62 bits per heavy atom. The van der Waals surface area contributed by atoms with E-state index in [1.54, 1.807) is 30.0 Å². The van der Waals surface area contributed by atoms with Gasteiger partial charge < -0.3 is 15.4 Å². The first kappa shape index (κ1) is 22.6. The van der Waals surface area contributed by atoms with Crippen LogP contribution in [0.4, 0.5) is 23.5 Å². The second kappa shape index (κ2) is 7.92. The van der Waals surface area contributed by atoms with Crippen molar-refractivity contribution in [3.8, 4) is 23.1 Å². The van der Waals surface area contributed by atoms with Crippen LogP contribution in [0.1, 0.15) is 31.5 Å². The number of hydrogen-bond acceptors (Lipinski definition) is 6. The van der Waals surface area contributed by atoms with Crippen molar-refractivity contribution in [2.75, 3.05) is 25.4 Å². The van der Waals surface area contributed by atoms with E-state index in [2.05, 4.69) is 26.8 Å². The van der Waals surface area contributed by atoms with E-state index in [0.717, 1.165) is 19.0 Å². The van der Waals surface area contributed by atoms with Crippen molar-refractivity contribution in [3.05, 3.63) is 36.2 Å². The summed E-state index contributed by atoms with van der Waals surface area (Å²) in [6.45, 7) is 1.08. The van der Waals surface area contributed by atoms with Gasteiger partial charge >= 0.3 is 6.18 Å². The van der Waals surface area contributed by atoms with Crippen LogP contribution in [0.25, 0.3) is 22.2 Å². The summed E-state index contributed by atoms with van der Waals surface area (Å²) in [6.07, 6.45) is 1.76. The molecule has 1 saturated heterocycles. The third-order valence-corrected chi connectivity index (χ3v) is 6.29. The van der Waals surface area contributed by atoms with Gasteiger partial charge in [0, 0.05) is 30.2 Å². The number of aromatic nitrogens is 4. The Labute approximate surface area is 192 Å². The molecule has 2 fully saturated rings. The molecule has 34 heavy (non-hydrogen) atoms. The van der Waals surface area contributed by atoms with Gasteiger partial charge in [-0.05, 0) is 37.7 Å². The number of alkyl halides is 3. The number of nitrogens with zero attached hydrogens (tertiary/aromatic N) is 5. The second-order valence-corrected chi connectivity index (χ2v) is 9.10. The molecule has 3 aromatic rings. The SMILES string of the molecule is CC(O)(C#Cc1cc2c(-c3nc(N)ncc3F)cn(C3CN(CC(F)(F)F)C3)c2cn1)C1CC1. The predicted octanol–water partition coefficient (Wildman–Crippen LogP) is 3.15. The van der Waals surface area contributed by atoms with Gasteiger partial charge in [-0.2, -0.15) is 13.2 Å². The van der Waals surface area contributed by atoms with E-state index in [1.807, 2.05) is 0 Å². The van der Waals surface area contributed by atoms with Crippen LogP contribution in [-0.4, -0.2) is 60.9 Å². The molecular weight excluding hydrogens is 452 g/mol. The van der Waals surface area contributed by atoms with Crippen LogP contribution in [0.3, 0.4) is 0 Å². The van der Waals surface area contributed by atoms with Crippen LogP contribution >= 0.6 is 0 Å². The quantitative estimate of drug-likeness (QED) is 0.446. The fourth-order valence-corrected chi connectivity index (χ4v) is 4.32. The zero-order valence-electron chi connectivity index (χ0n) is 18.3.